The lowest BCUT2D eigenvalue weighted by molar-refractivity contribution is 0.890. The molecule has 0 spiro atoms. The van der Waals surface area contributed by atoms with Gasteiger partial charge in [0.15, 0.2) is 0 Å². The number of hydrogen-bond donors (Lipinski definition) is 0. The second-order valence-corrected chi connectivity index (χ2v) is 8.13. The van der Waals surface area contributed by atoms with Crippen molar-refractivity contribution in [3.8, 4) is 0 Å². The predicted octanol–water partition coefficient (Wildman–Crippen LogP) is 7.74. The van der Waals surface area contributed by atoms with Crippen molar-refractivity contribution in [2.45, 2.75) is 12.8 Å². The van der Waals surface area contributed by atoms with Gasteiger partial charge in [-0.3, -0.25) is 4.99 Å². The van der Waals surface area contributed by atoms with E-state index < -0.39 is 0 Å². The smallest absolute Gasteiger partial charge is 0.0630 e. The highest BCUT2D eigenvalue weighted by atomic mass is 35.5. The Hall–Kier alpha value is -3.36. The molecule has 0 radical (unpaired) electrons. The average molecular weight is 423 g/mol. The molecule has 0 saturated heterocycles. The number of halogens is 1. The van der Waals surface area contributed by atoms with Crippen LogP contribution in [0.15, 0.2) is 102 Å². The summed E-state index contributed by atoms with van der Waals surface area (Å²) in [6.45, 7) is 3.15. The number of para-hydroxylation sites is 2. The summed E-state index contributed by atoms with van der Waals surface area (Å²) in [5.74, 6) is 0.212. The third-order valence-corrected chi connectivity index (χ3v) is 6.10. The molecule has 0 fully saturated rings. The zero-order valence-electron chi connectivity index (χ0n) is 17.4. The van der Waals surface area contributed by atoms with Crippen LogP contribution in [-0.2, 0) is 0 Å². The van der Waals surface area contributed by atoms with Gasteiger partial charge in [-0.25, -0.2) is 0 Å². The van der Waals surface area contributed by atoms with E-state index in [1.165, 1.54) is 28.1 Å². The Bertz CT molecular complexity index is 1180. The van der Waals surface area contributed by atoms with Gasteiger partial charge in [0.25, 0.3) is 0 Å². The first-order chi connectivity index (χ1) is 15.2. The highest BCUT2D eigenvalue weighted by Gasteiger charge is 2.30. The van der Waals surface area contributed by atoms with E-state index in [0.29, 0.717) is 0 Å². The van der Waals surface area contributed by atoms with Crippen LogP contribution in [0.1, 0.15) is 35.1 Å². The largest absolute Gasteiger partial charge is 0.341 e. The van der Waals surface area contributed by atoms with Crippen LogP contribution < -0.4 is 4.90 Å². The minimum absolute atomic E-state index is 0.212. The molecule has 0 saturated carbocycles. The van der Waals surface area contributed by atoms with Crippen molar-refractivity contribution in [3.63, 3.8) is 0 Å². The number of rotatable bonds is 4. The molecule has 152 valence electrons. The Kier molecular flexibility index (Phi) is 5.31. The molecule has 2 nitrogen and oxygen atoms in total. The van der Waals surface area contributed by atoms with Crippen LogP contribution in [0.3, 0.4) is 0 Å². The minimum atomic E-state index is 0.212. The summed E-state index contributed by atoms with van der Waals surface area (Å²) < 4.78 is 0. The van der Waals surface area contributed by atoms with Crippen molar-refractivity contribution < 1.29 is 0 Å². The normalized spacial score (nSPS) is 13.3. The molecule has 0 aliphatic carbocycles. The molecule has 1 aliphatic rings. The number of benzene rings is 4. The first kappa shape index (κ1) is 19.6. The van der Waals surface area contributed by atoms with Gasteiger partial charge >= 0.3 is 0 Å². The van der Waals surface area contributed by atoms with E-state index in [4.69, 9.17) is 11.6 Å². The Labute approximate surface area is 188 Å². The van der Waals surface area contributed by atoms with Gasteiger partial charge in [0.2, 0.25) is 0 Å². The van der Waals surface area contributed by atoms with Crippen LogP contribution in [0.25, 0.3) is 0 Å². The molecule has 4 aromatic carbocycles. The molecular weight excluding hydrogens is 400 g/mol. The highest BCUT2D eigenvalue weighted by molar-refractivity contribution is 6.30. The summed E-state index contributed by atoms with van der Waals surface area (Å²) in [5, 5.41) is 0.733. The van der Waals surface area contributed by atoms with E-state index in [2.05, 4.69) is 89.6 Å². The SMILES string of the molecule is CCN1c2ccccc2C(c2ccc(N=Cc3ccc(Cl)cc3)cc2)c2ccccc21. The lowest BCUT2D eigenvalue weighted by atomic mass is 9.80. The van der Waals surface area contributed by atoms with Gasteiger partial charge in [0.05, 0.1) is 5.69 Å². The second-order valence-electron chi connectivity index (χ2n) is 7.70. The van der Waals surface area contributed by atoms with Gasteiger partial charge in [-0.15, -0.1) is 0 Å². The topological polar surface area (TPSA) is 15.6 Å². The van der Waals surface area contributed by atoms with Crippen molar-refractivity contribution in [2.75, 3.05) is 11.4 Å². The molecule has 1 heterocycles. The van der Waals surface area contributed by atoms with Crippen LogP contribution in [0.4, 0.5) is 17.1 Å². The standard InChI is InChI=1S/C28H23ClN2/c1-2-31-26-9-5-3-7-24(26)28(25-8-4-6-10-27(25)31)21-13-17-23(18-14-21)30-19-20-11-15-22(29)16-12-20/h3-19,28H,2H2,1H3. The van der Waals surface area contributed by atoms with Crippen molar-refractivity contribution in [3.05, 3.63) is 124 Å². The summed E-state index contributed by atoms with van der Waals surface area (Å²) in [6.07, 6.45) is 1.87. The van der Waals surface area contributed by atoms with Crippen molar-refractivity contribution in [1.82, 2.24) is 0 Å². The number of aliphatic imine (C=N–C) groups is 1. The highest BCUT2D eigenvalue weighted by Crippen LogP contribution is 2.48. The molecule has 0 aromatic heterocycles. The van der Waals surface area contributed by atoms with Crippen LogP contribution in [-0.4, -0.2) is 12.8 Å². The summed E-state index contributed by atoms with van der Waals surface area (Å²) in [5.41, 5.74) is 8.52. The predicted molar refractivity (Wildman–Crippen MR) is 132 cm³/mol. The maximum atomic E-state index is 5.96. The fourth-order valence-corrected chi connectivity index (χ4v) is 4.53. The van der Waals surface area contributed by atoms with Crippen LogP contribution in [0.5, 0.6) is 0 Å². The van der Waals surface area contributed by atoms with Gasteiger partial charge in [-0.2, -0.15) is 0 Å². The lowest BCUT2D eigenvalue weighted by Gasteiger charge is -2.37. The third-order valence-electron chi connectivity index (χ3n) is 5.85. The van der Waals surface area contributed by atoms with Crippen LogP contribution in [0.2, 0.25) is 5.02 Å². The van der Waals surface area contributed by atoms with E-state index in [9.17, 15) is 0 Å². The van der Waals surface area contributed by atoms with E-state index >= 15 is 0 Å². The molecule has 0 amide bonds. The Morgan fingerprint density at radius 2 is 1.35 bits per heavy atom. The van der Waals surface area contributed by atoms with Gasteiger partial charge in [-0.1, -0.05) is 72.3 Å². The number of fused-ring (bicyclic) bond motifs is 2. The Morgan fingerprint density at radius 1 is 0.774 bits per heavy atom. The summed E-state index contributed by atoms with van der Waals surface area (Å²) >= 11 is 5.96. The van der Waals surface area contributed by atoms with Crippen molar-refractivity contribution in [2.24, 2.45) is 4.99 Å². The van der Waals surface area contributed by atoms with E-state index in [1.807, 2.05) is 30.5 Å². The summed E-state index contributed by atoms with van der Waals surface area (Å²) in [7, 11) is 0. The molecule has 1 aliphatic heterocycles. The summed E-state index contributed by atoms with van der Waals surface area (Å²) in [6, 6.07) is 33.8. The van der Waals surface area contributed by atoms with Gasteiger partial charge in [-0.05, 0) is 65.6 Å². The van der Waals surface area contributed by atoms with Gasteiger partial charge < -0.3 is 4.90 Å². The average Bonchev–Trinajstić information content (AvgIpc) is 2.82. The number of hydrogen-bond acceptors (Lipinski definition) is 2. The second kappa shape index (κ2) is 8.41. The molecular formula is C28H23ClN2. The molecule has 0 unspecified atom stereocenters. The fraction of sp³-hybridized carbons (Fsp3) is 0.107. The maximum absolute atomic E-state index is 5.96. The number of anilines is 2. The fourth-order valence-electron chi connectivity index (χ4n) is 4.40. The Morgan fingerprint density at radius 3 is 1.94 bits per heavy atom. The van der Waals surface area contributed by atoms with E-state index in [1.54, 1.807) is 0 Å². The van der Waals surface area contributed by atoms with Crippen LogP contribution in [0, 0.1) is 0 Å². The third kappa shape index (κ3) is 3.75. The maximum Gasteiger partial charge on any atom is 0.0630 e. The molecule has 0 atom stereocenters. The zero-order chi connectivity index (χ0) is 21.2. The number of nitrogens with zero attached hydrogens (tertiary/aromatic N) is 2. The first-order valence-corrected chi connectivity index (χ1v) is 11.0. The molecule has 0 N–H and O–H groups in total. The molecule has 4 aromatic rings. The lowest BCUT2D eigenvalue weighted by Crippen LogP contribution is -2.25. The zero-order valence-corrected chi connectivity index (χ0v) is 18.1. The van der Waals surface area contributed by atoms with Crippen LogP contribution >= 0.6 is 11.6 Å². The quantitative estimate of drug-likeness (QED) is 0.307. The Balaban J connectivity index is 1.51. The first-order valence-electron chi connectivity index (χ1n) is 10.6. The summed E-state index contributed by atoms with van der Waals surface area (Å²) in [4.78, 5) is 7.04. The monoisotopic (exact) mass is 422 g/mol. The minimum Gasteiger partial charge on any atom is -0.341 e. The van der Waals surface area contributed by atoms with Gasteiger partial charge in [0, 0.05) is 35.1 Å². The molecule has 31 heavy (non-hydrogen) atoms. The molecule has 5 rings (SSSR count). The van der Waals surface area contributed by atoms with E-state index in [0.717, 1.165) is 22.8 Å². The molecule has 0 bridgehead atoms. The van der Waals surface area contributed by atoms with Crippen molar-refractivity contribution in [1.29, 1.82) is 0 Å². The van der Waals surface area contributed by atoms with E-state index in [-0.39, 0.29) is 5.92 Å². The van der Waals surface area contributed by atoms with Crippen molar-refractivity contribution >= 4 is 34.9 Å². The van der Waals surface area contributed by atoms with Gasteiger partial charge in [0.1, 0.15) is 0 Å². The molecule has 3 heteroatoms.